The van der Waals surface area contributed by atoms with Gasteiger partial charge in [-0.05, 0) is 67.9 Å². The molecule has 5 nitrogen and oxygen atoms in total. The molecule has 1 aromatic heterocycles. The molecule has 2 aromatic carbocycles. The Labute approximate surface area is 169 Å². The molecule has 150 valence electrons. The molecule has 1 saturated heterocycles. The minimum Gasteiger partial charge on any atom is -0.369 e. The number of nitrogens with zero attached hydrogens (tertiary/aromatic N) is 2. The maximum Gasteiger partial charge on any atom is 0.235 e. The van der Waals surface area contributed by atoms with Crippen molar-refractivity contribution in [3.05, 3.63) is 60.0 Å². The number of amides is 1. The molecule has 1 amide bonds. The number of nitrogens with one attached hydrogen (secondary N) is 2. The molecule has 1 aliphatic carbocycles. The molecule has 0 spiro atoms. The number of aromatic amines is 1. The van der Waals surface area contributed by atoms with Gasteiger partial charge in [0.2, 0.25) is 5.91 Å². The van der Waals surface area contributed by atoms with Gasteiger partial charge in [-0.15, -0.1) is 0 Å². The molecule has 6 heteroatoms. The lowest BCUT2D eigenvalue weighted by molar-refractivity contribution is -0.118. The highest BCUT2D eigenvalue weighted by molar-refractivity contribution is 6.04. The summed E-state index contributed by atoms with van der Waals surface area (Å²) in [5, 5.41) is 3.87. The Kier molecular flexibility index (Phi) is 4.32. The Bertz CT molecular complexity index is 1050. The van der Waals surface area contributed by atoms with Crippen LogP contribution in [0.5, 0.6) is 0 Å². The molecule has 1 saturated carbocycles. The van der Waals surface area contributed by atoms with Crippen LogP contribution < -0.4 is 10.2 Å². The van der Waals surface area contributed by atoms with Gasteiger partial charge in [0.1, 0.15) is 5.82 Å². The van der Waals surface area contributed by atoms with Crippen LogP contribution in [0.4, 0.5) is 15.8 Å². The molecule has 2 N–H and O–H groups in total. The molecule has 2 heterocycles. The molecular formula is C23H25FN4O. The van der Waals surface area contributed by atoms with Crippen LogP contribution in [0.25, 0.3) is 10.9 Å². The van der Waals surface area contributed by atoms with Gasteiger partial charge in [-0.25, -0.2) is 4.39 Å². The maximum atomic E-state index is 13.7. The predicted octanol–water partition coefficient (Wildman–Crippen LogP) is 3.73. The van der Waals surface area contributed by atoms with Crippen molar-refractivity contribution in [2.45, 2.75) is 18.3 Å². The summed E-state index contributed by atoms with van der Waals surface area (Å²) in [7, 11) is 2.14. The Balaban J connectivity index is 1.33. The first-order valence-corrected chi connectivity index (χ1v) is 10.2. The number of halogens is 1. The fourth-order valence-electron chi connectivity index (χ4n) is 4.30. The molecule has 29 heavy (non-hydrogen) atoms. The first-order chi connectivity index (χ1) is 14.0. The Morgan fingerprint density at radius 3 is 2.48 bits per heavy atom. The highest BCUT2D eigenvalue weighted by Gasteiger charge is 2.52. The second kappa shape index (κ2) is 6.88. The first kappa shape index (κ1) is 18.2. The van der Waals surface area contributed by atoms with Crippen molar-refractivity contribution < 1.29 is 9.18 Å². The largest absolute Gasteiger partial charge is 0.369 e. The summed E-state index contributed by atoms with van der Waals surface area (Å²) in [5.41, 5.74) is 3.16. The quantitative estimate of drug-likeness (QED) is 0.711. The number of piperazine rings is 1. The second-order valence-electron chi connectivity index (χ2n) is 8.27. The number of H-pyrrole nitrogens is 1. The number of anilines is 2. The van der Waals surface area contributed by atoms with Crippen LogP contribution >= 0.6 is 0 Å². The zero-order valence-corrected chi connectivity index (χ0v) is 16.5. The molecule has 1 aliphatic heterocycles. The molecule has 0 unspecified atom stereocenters. The van der Waals surface area contributed by atoms with Gasteiger partial charge >= 0.3 is 0 Å². The normalized spacial score (nSPS) is 18.8. The van der Waals surface area contributed by atoms with Crippen molar-refractivity contribution in [2.24, 2.45) is 0 Å². The van der Waals surface area contributed by atoms with Gasteiger partial charge in [-0.1, -0.05) is 0 Å². The van der Waals surface area contributed by atoms with Crippen molar-refractivity contribution in [2.75, 3.05) is 43.4 Å². The number of benzene rings is 2. The number of carbonyl (C=O) groups is 1. The lowest BCUT2D eigenvalue weighted by Gasteiger charge is -2.34. The highest BCUT2D eigenvalue weighted by atomic mass is 19.1. The van der Waals surface area contributed by atoms with E-state index in [2.05, 4.69) is 39.3 Å². The summed E-state index contributed by atoms with van der Waals surface area (Å²) in [4.78, 5) is 21.0. The molecule has 3 aromatic rings. The summed E-state index contributed by atoms with van der Waals surface area (Å²) in [6.45, 7) is 4.16. The number of likely N-dealkylation sites (N-methyl/N-ethyl adjacent to an activating group) is 1. The SMILES string of the molecule is CN1CCN(c2ccc(NC(=O)C3(c4c[nH]c5ccc(F)cc45)CC3)cc2)CC1. The van der Waals surface area contributed by atoms with Gasteiger partial charge in [0.15, 0.2) is 0 Å². The van der Waals surface area contributed by atoms with Gasteiger partial charge in [0, 0.05) is 54.7 Å². The third-order valence-corrected chi connectivity index (χ3v) is 6.34. The van der Waals surface area contributed by atoms with E-state index in [0.717, 1.165) is 61.2 Å². The minimum absolute atomic E-state index is 0.0185. The summed E-state index contributed by atoms with van der Waals surface area (Å²) < 4.78 is 13.7. The van der Waals surface area contributed by atoms with Crippen molar-refractivity contribution in [3.8, 4) is 0 Å². The van der Waals surface area contributed by atoms with Crippen LogP contribution in [0, 0.1) is 5.82 Å². The van der Waals surface area contributed by atoms with Crippen LogP contribution in [0.2, 0.25) is 0 Å². The number of carbonyl (C=O) groups excluding carboxylic acids is 1. The molecule has 5 rings (SSSR count). The van der Waals surface area contributed by atoms with Crippen molar-refractivity contribution in [1.29, 1.82) is 0 Å². The number of hydrogen-bond acceptors (Lipinski definition) is 3. The van der Waals surface area contributed by atoms with E-state index in [0.29, 0.717) is 0 Å². The number of aromatic nitrogens is 1. The lowest BCUT2D eigenvalue weighted by atomic mass is 9.94. The van der Waals surface area contributed by atoms with Crippen LogP contribution in [0.15, 0.2) is 48.7 Å². The summed E-state index contributed by atoms with van der Waals surface area (Å²) >= 11 is 0. The third-order valence-electron chi connectivity index (χ3n) is 6.34. The van der Waals surface area contributed by atoms with Crippen LogP contribution in [0.3, 0.4) is 0 Å². The van der Waals surface area contributed by atoms with E-state index in [4.69, 9.17) is 0 Å². The van der Waals surface area contributed by atoms with E-state index in [1.165, 1.54) is 17.8 Å². The smallest absolute Gasteiger partial charge is 0.235 e. The predicted molar refractivity (Wildman–Crippen MR) is 114 cm³/mol. The van der Waals surface area contributed by atoms with Crippen LogP contribution in [-0.4, -0.2) is 49.0 Å². The number of hydrogen-bond donors (Lipinski definition) is 2. The van der Waals surface area contributed by atoms with Gasteiger partial charge in [-0.2, -0.15) is 0 Å². The van der Waals surface area contributed by atoms with Crippen molar-refractivity contribution in [1.82, 2.24) is 9.88 Å². The molecule has 0 radical (unpaired) electrons. The topological polar surface area (TPSA) is 51.4 Å². The van der Waals surface area contributed by atoms with E-state index >= 15 is 0 Å². The standard InChI is InChI=1S/C23H25FN4O/c1-27-10-12-28(13-11-27)18-5-3-17(4-6-18)26-22(29)23(8-9-23)20-15-25-21-7-2-16(24)14-19(20)21/h2-7,14-15,25H,8-13H2,1H3,(H,26,29). The van der Waals surface area contributed by atoms with E-state index in [1.54, 1.807) is 6.07 Å². The van der Waals surface area contributed by atoms with E-state index in [1.807, 2.05) is 18.3 Å². The number of fused-ring (bicyclic) bond motifs is 1. The summed E-state index contributed by atoms with van der Waals surface area (Å²) in [5.74, 6) is -0.302. The van der Waals surface area contributed by atoms with E-state index < -0.39 is 5.41 Å². The molecule has 2 fully saturated rings. The van der Waals surface area contributed by atoms with E-state index in [9.17, 15) is 9.18 Å². The summed E-state index contributed by atoms with van der Waals surface area (Å²) in [6, 6.07) is 12.7. The third kappa shape index (κ3) is 3.27. The molecule has 0 bridgehead atoms. The van der Waals surface area contributed by atoms with Gasteiger partial charge in [0.05, 0.1) is 5.41 Å². The highest BCUT2D eigenvalue weighted by Crippen LogP contribution is 2.51. The maximum absolute atomic E-state index is 13.7. The average Bonchev–Trinajstić information content (AvgIpc) is 3.43. The average molecular weight is 392 g/mol. The molecule has 0 atom stereocenters. The van der Waals surface area contributed by atoms with Crippen molar-refractivity contribution in [3.63, 3.8) is 0 Å². The summed E-state index contributed by atoms with van der Waals surface area (Å²) in [6.07, 6.45) is 3.41. The van der Waals surface area contributed by atoms with Gasteiger partial charge in [-0.3, -0.25) is 4.79 Å². The zero-order chi connectivity index (χ0) is 20.0. The molecule has 2 aliphatic rings. The first-order valence-electron chi connectivity index (χ1n) is 10.2. The monoisotopic (exact) mass is 392 g/mol. The second-order valence-corrected chi connectivity index (χ2v) is 8.27. The Morgan fingerprint density at radius 2 is 1.79 bits per heavy atom. The fraction of sp³-hybridized carbons (Fsp3) is 0.348. The van der Waals surface area contributed by atoms with E-state index in [-0.39, 0.29) is 11.7 Å². The van der Waals surface area contributed by atoms with Crippen LogP contribution in [-0.2, 0) is 10.2 Å². The fourth-order valence-corrected chi connectivity index (χ4v) is 4.30. The minimum atomic E-state index is -0.567. The Morgan fingerprint density at radius 1 is 1.07 bits per heavy atom. The zero-order valence-electron chi connectivity index (χ0n) is 16.5. The number of rotatable bonds is 4. The van der Waals surface area contributed by atoms with Gasteiger partial charge in [0.25, 0.3) is 0 Å². The van der Waals surface area contributed by atoms with Crippen LogP contribution in [0.1, 0.15) is 18.4 Å². The molecular weight excluding hydrogens is 367 g/mol. The van der Waals surface area contributed by atoms with Crippen molar-refractivity contribution >= 4 is 28.2 Å². The lowest BCUT2D eigenvalue weighted by Crippen LogP contribution is -2.44. The Hall–Kier alpha value is -2.86. The van der Waals surface area contributed by atoms with Gasteiger partial charge < -0.3 is 20.1 Å².